The van der Waals surface area contributed by atoms with Gasteiger partial charge in [0.1, 0.15) is 16.7 Å². The third-order valence-corrected chi connectivity index (χ3v) is 3.04. The molecule has 0 fully saturated rings. The molecule has 0 saturated carbocycles. The standard InChI is InChI=1S/C9H4N2O3S/c12-3-6-1-7-9(15-6)8(11-14-7)5-2-10-13-4-5/h1-4H. The van der Waals surface area contributed by atoms with Crippen LogP contribution in [0.4, 0.5) is 0 Å². The van der Waals surface area contributed by atoms with Crippen LogP contribution in [0, 0.1) is 0 Å². The Kier molecular flexibility index (Phi) is 1.69. The number of carbonyl (C=O) groups is 1. The van der Waals surface area contributed by atoms with Gasteiger partial charge in [0, 0.05) is 6.07 Å². The second-order valence-corrected chi connectivity index (χ2v) is 3.99. The van der Waals surface area contributed by atoms with E-state index in [0.29, 0.717) is 16.2 Å². The molecule has 3 aromatic rings. The molecule has 0 saturated heterocycles. The lowest BCUT2D eigenvalue weighted by Crippen LogP contribution is -1.71. The van der Waals surface area contributed by atoms with Gasteiger partial charge in [-0.15, -0.1) is 11.3 Å². The van der Waals surface area contributed by atoms with Crippen LogP contribution in [-0.4, -0.2) is 16.6 Å². The molecule has 0 spiro atoms. The summed E-state index contributed by atoms with van der Waals surface area (Å²) in [5.41, 5.74) is 2.01. The van der Waals surface area contributed by atoms with Crippen molar-refractivity contribution in [2.75, 3.05) is 0 Å². The number of hydrogen-bond acceptors (Lipinski definition) is 6. The van der Waals surface area contributed by atoms with E-state index in [4.69, 9.17) is 9.05 Å². The zero-order chi connectivity index (χ0) is 10.3. The summed E-state index contributed by atoms with van der Waals surface area (Å²) in [7, 11) is 0. The van der Waals surface area contributed by atoms with Crippen molar-refractivity contribution in [2.24, 2.45) is 0 Å². The monoisotopic (exact) mass is 220 g/mol. The van der Waals surface area contributed by atoms with Gasteiger partial charge in [-0.3, -0.25) is 4.79 Å². The van der Waals surface area contributed by atoms with Crippen molar-refractivity contribution in [3.63, 3.8) is 0 Å². The minimum Gasteiger partial charge on any atom is -0.364 e. The summed E-state index contributed by atoms with van der Waals surface area (Å²) in [4.78, 5) is 11.2. The van der Waals surface area contributed by atoms with Crippen LogP contribution in [0.3, 0.4) is 0 Å². The van der Waals surface area contributed by atoms with Crippen LogP contribution in [0.15, 0.2) is 27.6 Å². The van der Waals surface area contributed by atoms with Crippen LogP contribution < -0.4 is 0 Å². The smallest absolute Gasteiger partial charge is 0.179 e. The average Bonchev–Trinajstić information content (AvgIpc) is 2.92. The predicted octanol–water partition coefficient (Wildman–Crippen LogP) is 2.36. The molecule has 0 aliphatic heterocycles. The quantitative estimate of drug-likeness (QED) is 0.620. The molecule has 3 aromatic heterocycles. The van der Waals surface area contributed by atoms with Gasteiger partial charge in [-0.05, 0) is 0 Å². The number of thiophene rings is 1. The summed E-state index contributed by atoms with van der Waals surface area (Å²) < 4.78 is 10.6. The Hall–Kier alpha value is -1.95. The second kappa shape index (κ2) is 3.03. The Morgan fingerprint density at radius 3 is 3.13 bits per heavy atom. The van der Waals surface area contributed by atoms with E-state index in [1.807, 2.05) is 0 Å². The number of rotatable bonds is 2. The van der Waals surface area contributed by atoms with Gasteiger partial charge in [-0.25, -0.2) is 0 Å². The maximum Gasteiger partial charge on any atom is 0.179 e. The molecule has 0 unspecified atom stereocenters. The highest BCUT2D eigenvalue weighted by Crippen LogP contribution is 2.33. The molecule has 0 amide bonds. The molecular weight excluding hydrogens is 216 g/mol. The van der Waals surface area contributed by atoms with Crippen molar-refractivity contribution in [3.8, 4) is 11.3 Å². The number of carbonyl (C=O) groups excluding carboxylic acids is 1. The van der Waals surface area contributed by atoms with Crippen molar-refractivity contribution in [3.05, 3.63) is 23.4 Å². The highest BCUT2D eigenvalue weighted by atomic mass is 32.1. The average molecular weight is 220 g/mol. The molecule has 0 radical (unpaired) electrons. The van der Waals surface area contributed by atoms with Crippen LogP contribution in [0.2, 0.25) is 0 Å². The summed E-state index contributed by atoms with van der Waals surface area (Å²) in [5.74, 6) is 0. The van der Waals surface area contributed by atoms with E-state index < -0.39 is 0 Å². The topological polar surface area (TPSA) is 69.1 Å². The van der Waals surface area contributed by atoms with Crippen molar-refractivity contribution in [1.29, 1.82) is 0 Å². The molecule has 5 nitrogen and oxygen atoms in total. The first-order valence-electron chi connectivity index (χ1n) is 4.12. The fraction of sp³-hybridized carbons (Fsp3) is 0. The molecule has 74 valence electrons. The van der Waals surface area contributed by atoms with Crippen molar-refractivity contribution in [2.45, 2.75) is 0 Å². The predicted molar refractivity (Wildman–Crippen MR) is 52.8 cm³/mol. The number of hydrogen-bond donors (Lipinski definition) is 0. The number of nitrogens with zero attached hydrogens (tertiary/aromatic N) is 2. The van der Waals surface area contributed by atoms with E-state index in [1.54, 1.807) is 12.3 Å². The first-order valence-corrected chi connectivity index (χ1v) is 4.94. The van der Waals surface area contributed by atoms with E-state index in [2.05, 4.69) is 10.3 Å². The van der Waals surface area contributed by atoms with E-state index in [1.165, 1.54) is 17.6 Å². The summed E-state index contributed by atoms with van der Waals surface area (Å²) in [6.07, 6.45) is 3.83. The molecule has 0 N–H and O–H groups in total. The van der Waals surface area contributed by atoms with Crippen LogP contribution in [0.25, 0.3) is 21.5 Å². The zero-order valence-electron chi connectivity index (χ0n) is 7.34. The van der Waals surface area contributed by atoms with Crippen molar-refractivity contribution < 1.29 is 13.8 Å². The number of aromatic nitrogens is 2. The van der Waals surface area contributed by atoms with Crippen LogP contribution in [0.1, 0.15) is 9.67 Å². The number of fused-ring (bicyclic) bond motifs is 1. The van der Waals surface area contributed by atoms with E-state index in [0.717, 1.165) is 16.5 Å². The molecule has 15 heavy (non-hydrogen) atoms. The third-order valence-electron chi connectivity index (χ3n) is 1.99. The lowest BCUT2D eigenvalue weighted by molar-refractivity contribution is 0.112. The van der Waals surface area contributed by atoms with E-state index >= 15 is 0 Å². The van der Waals surface area contributed by atoms with Crippen molar-refractivity contribution in [1.82, 2.24) is 10.3 Å². The second-order valence-electron chi connectivity index (χ2n) is 2.90. The van der Waals surface area contributed by atoms with Crippen LogP contribution in [-0.2, 0) is 0 Å². The molecule has 0 aliphatic rings. The first kappa shape index (κ1) is 8.37. The SMILES string of the molecule is O=Cc1cc2onc(-c3cnoc3)c2s1. The summed E-state index contributed by atoms with van der Waals surface area (Å²) in [5, 5.41) is 7.48. The highest BCUT2D eigenvalue weighted by molar-refractivity contribution is 7.21. The maximum atomic E-state index is 10.6. The lowest BCUT2D eigenvalue weighted by Gasteiger charge is -1.83. The molecule has 3 heterocycles. The number of aldehydes is 1. The summed E-state index contributed by atoms with van der Waals surface area (Å²) in [6.45, 7) is 0. The maximum absolute atomic E-state index is 10.6. The highest BCUT2D eigenvalue weighted by Gasteiger charge is 2.15. The largest absolute Gasteiger partial charge is 0.364 e. The molecular formula is C9H4N2O3S. The Morgan fingerprint density at radius 2 is 2.40 bits per heavy atom. The lowest BCUT2D eigenvalue weighted by atomic mass is 10.2. The molecule has 0 aliphatic carbocycles. The Labute approximate surface area is 87.3 Å². The molecule has 3 rings (SSSR count). The Balaban J connectivity index is 2.27. The summed E-state index contributed by atoms with van der Waals surface area (Å²) in [6, 6.07) is 1.66. The van der Waals surface area contributed by atoms with Gasteiger partial charge in [-0.1, -0.05) is 10.3 Å². The van der Waals surface area contributed by atoms with Crippen LogP contribution in [0.5, 0.6) is 0 Å². The fourth-order valence-electron chi connectivity index (χ4n) is 1.33. The minimum atomic E-state index is 0.610. The van der Waals surface area contributed by atoms with E-state index in [9.17, 15) is 4.79 Å². The van der Waals surface area contributed by atoms with Gasteiger partial charge in [-0.2, -0.15) is 0 Å². The Morgan fingerprint density at radius 1 is 1.47 bits per heavy atom. The van der Waals surface area contributed by atoms with Gasteiger partial charge in [0.25, 0.3) is 0 Å². The van der Waals surface area contributed by atoms with Gasteiger partial charge in [0.15, 0.2) is 11.9 Å². The Bertz CT molecular complexity index is 608. The van der Waals surface area contributed by atoms with Crippen molar-refractivity contribution >= 4 is 27.9 Å². The zero-order valence-corrected chi connectivity index (χ0v) is 8.15. The molecule has 0 aromatic carbocycles. The van der Waals surface area contributed by atoms with E-state index in [-0.39, 0.29) is 0 Å². The van der Waals surface area contributed by atoms with Gasteiger partial charge < -0.3 is 9.05 Å². The van der Waals surface area contributed by atoms with Gasteiger partial charge in [0.05, 0.1) is 16.6 Å². The van der Waals surface area contributed by atoms with Crippen LogP contribution >= 0.6 is 11.3 Å². The molecule has 6 heteroatoms. The summed E-state index contributed by atoms with van der Waals surface area (Å²) >= 11 is 1.34. The van der Waals surface area contributed by atoms with Gasteiger partial charge in [0.2, 0.25) is 0 Å². The molecule has 0 bridgehead atoms. The minimum absolute atomic E-state index is 0.610. The molecule has 0 atom stereocenters. The first-order chi connectivity index (χ1) is 7.38. The van der Waals surface area contributed by atoms with Gasteiger partial charge >= 0.3 is 0 Å². The fourth-order valence-corrected chi connectivity index (χ4v) is 2.22. The normalized spacial score (nSPS) is 10.9. The third kappa shape index (κ3) is 1.18.